The number of carbonyl (C=O) groups is 1. The van der Waals surface area contributed by atoms with Gasteiger partial charge in [0.1, 0.15) is 5.82 Å². The normalized spacial score (nSPS) is 19.2. The molecule has 1 N–H and O–H groups in total. The second-order valence-electron chi connectivity index (χ2n) is 5.00. The fourth-order valence-corrected chi connectivity index (χ4v) is 2.82. The summed E-state index contributed by atoms with van der Waals surface area (Å²) in [7, 11) is 0. The van der Waals surface area contributed by atoms with Crippen molar-refractivity contribution < 1.29 is 9.18 Å². The van der Waals surface area contributed by atoms with Gasteiger partial charge in [-0.2, -0.15) is 0 Å². The highest BCUT2D eigenvalue weighted by atomic mass is 19.1. The molecule has 3 rings (SSSR count). The van der Waals surface area contributed by atoms with E-state index in [0.29, 0.717) is 5.56 Å². The zero-order valence-corrected chi connectivity index (χ0v) is 10.9. The van der Waals surface area contributed by atoms with E-state index < -0.39 is 0 Å². The topological polar surface area (TPSA) is 34.0 Å². The molecule has 1 aliphatic rings. The standard InChI is InChI=1S/C15H17FN2O/c1-2-18-9-12(15(19)13-4-3-7-17-13)11-8-10(16)5-6-14(11)18/h5-6,8-9,13,17H,2-4,7H2,1H3/t13-/m0/s1. The van der Waals surface area contributed by atoms with Crippen molar-refractivity contribution in [3.8, 4) is 0 Å². The molecular formula is C15H17FN2O. The molecular weight excluding hydrogens is 243 g/mol. The Morgan fingerprint density at radius 1 is 1.53 bits per heavy atom. The van der Waals surface area contributed by atoms with E-state index in [2.05, 4.69) is 5.32 Å². The number of aryl methyl sites for hydroxylation is 1. The Hall–Kier alpha value is -1.68. The van der Waals surface area contributed by atoms with Gasteiger partial charge in [-0.25, -0.2) is 4.39 Å². The van der Waals surface area contributed by atoms with Crippen LogP contribution in [0.4, 0.5) is 4.39 Å². The fourth-order valence-electron chi connectivity index (χ4n) is 2.82. The average molecular weight is 260 g/mol. The predicted molar refractivity (Wildman–Crippen MR) is 72.9 cm³/mol. The molecule has 0 spiro atoms. The summed E-state index contributed by atoms with van der Waals surface area (Å²) in [4.78, 5) is 12.5. The van der Waals surface area contributed by atoms with Crippen LogP contribution in [0, 0.1) is 5.82 Å². The monoisotopic (exact) mass is 260 g/mol. The summed E-state index contributed by atoms with van der Waals surface area (Å²) in [6.07, 6.45) is 3.75. The van der Waals surface area contributed by atoms with E-state index in [4.69, 9.17) is 0 Å². The Labute approximate surface area is 111 Å². The molecule has 3 nitrogen and oxygen atoms in total. The number of aromatic nitrogens is 1. The maximum atomic E-state index is 13.4. The number of rotatable bonds is 3. The molecule has 1 atom stereocenters. The first-order chi connectivity index (χ1) is 9.20. The van der Waals surface area contributed by atoms with E-state index in [0.717, 1.165) is 36.8 Å². The zero-order chi connectivity index (χ0) is 13.4. The molecule has 1 fully saturated rings. The van der Waals surface area contributed by atoms with Crippen LogP contribution in [0.25, 0.3) is 10.9 Å². The van der Waals surface area contributed by atoms with E-state index in [-0.39, 0.29) is 17.6 Å². The molecule has 1 saturated heterocycles. The van der Waals surface area contributed by atoms with Gasteiger partial charge in [-0.15, -0.1) is 0 Å². The number of nitrogens with one attached hydrogen (secondary N) is 1. The average Bonchev–Trinajstić information content (AvgIpc) is 3.05. The van der Waals surface area contributed by atoms with Crippen molar-refractivity contribution in [2.24, 2.45) is 0 Å². The van der Waals surface area contributed by atoms with Gasteiger partial charge >= 0.3 is 0 Å². The third-order valence-electron chi connectivity index (χ3n) is 3.83. The van der Waals surface area contributed by atoms with E-state index in [9.17, 15) is 9.18 Å². The van der Waals surface area contributed by atoms with Crippen LogP contribution in [0.3, 0.4) is 0 Å². The van der Waals surface area contributed by atoms with Gasteiger partial charge in [-0.05, 0) is 44.5 Å². The first-order valence-electron chi connectivity index (χ1n) is 6.76. The van der Waals surface area contributed by atoms with Crippen LogP contribution in [0.5, 0.6) is 0 Å². The Morgan fingerprint density at radius 2 is 2.37 bits per heavy atom. The number of ketones is 1. The predicted octanol–water partition coefficient (Wildman–Crippen LogP) is 2.74. The summed E-state index contributed by atoms with van der Waals surface area (Å²) in [5.41, 5.74) is 1.56. The molecule has 0 bridgehead atoms. The van der Waals surface area contributed by atoms with Crippen LogP contribution >= 0.6 is 0 Å². The van der Waals surface area contributed by atoms with Crippen LogP contribution in [0.15, 0.2) is 24.4 Å². The number of carbonyl (C=O) groups excluding carboxylic acids is 1. The van der Waals surface area contributed by atoms with Crippen molar-refractivity contribution >= 4 is 16.7 Å². The molecule has 0 saturated carbocycles. The van der Waals surface area contributed by atoms with Crippen LogP contribution in [-0.2, 0) is 6.54 Å². The quantitative estimate of drug-likeness (QED) is 0.861. The Kier molecular flexibility index (Phi) is 3.11. The second kappa shape index (κ2) is 4.78. The molecule has 1 aromatic carbocycles. The van der Waals surface area contributed by atoms with Crippen LogP contribution in [0.2, 0.25) is 0 Å². The summed E-state index contributed by atoms with van der Waals surface area (Å²) in [5.74, 6) is -0.213. The van der Waals surface area contributed by atoms with E-state index in [1.807, 2.05) is 17.7 Å². The van der Waals surface area contributed by atoms with Crippen molar-refractivity contribution in [2.45, 2.75) is 32.4 Å². The Bertz CT molecular complexity index is 626. The third kappa shape index (κ3) is 2.06. The lowest BCUT2D eigenvalue weighted by Gasteiger charge is -2.07. The van der Waals surface area contributed by atoms with Crippen LogP contribution in [0.1, 0.15) is 30.1 Å². The largest absolute Gasteiger partial charge is 0.347 e. The lowest BCUT2D eigenvalue weighted by Crippen LogP contribution is -2.30. The molecule has 1 aromatic heterocycles. The second-order valence-corrected chi connectivity index (χ2v) is 5.00. The first kappa shape index (κ1) is 12.4. The van der Waals surface area contributed by atoms with E-state index in [1.54, 1.807) is 6.07 Å². The molecule has 2 aromatic rings. The molecule has 2 heterocycles. The molecule has 4 heteroatoms. The Morgan fingerprint density at radius 3 is 3.05 bits per heavy atom. The highest BCUT2D eigenvalue weighted by molar-refractivity contribution is 6.10. The number of benzene rings is 1. The number of fused-ring (bicyclic) bond motifs is 1. The van der Waals surface area contributed by atoms with Crippen molar-refractivity contribution in [1.82, 2.24) is 9.88 Å². The molecule has 0 radical (unpaired) electrons. The minimum absolute atomic E-state index is 0.0836. The number of halogens is 1. The van der Waals surface area contributed by atoms with Crippen molar-refractivity contribution in [1.29, 1.82) is 0 Å². The van der Waals surface area contributed by atoms with Gasteiger partial charge in [-0.1, -0.05) is 0 Å². The SMILES string of the molecule is CCn1cc(C(=O)[C@@H]2CCCN2)c2cc(F)ccc21. The lowest BCUT2D eigenvalue weighted by molar-refractivity contribution is 0.0954. The summed E-state index contributed by atoms with van der Waals surface area (Å²) < 4.78 is 15.4. The number of hydrogen-bond donors (Lipinski definition) is 1. The van der Waals surface area contributed by atoms with Gasteiger partial charge in [0.25, 0.3) is 0 Å². The summed E-state index contributed by atoms with van der Waals surface area (Å²) in [5, 5.41) is 3.93. The summed E-state index contributed by atoms with van der Waals surface area (Å²) >= 11 is 0. The van der Waals surface area contributed by atoms with Gasteiger partial charge in [-0.3, -0.25) is 4.79 Å². The molecule has 0 amide bonds. The molecule has 100 valence electrons. The smallest absolute Gasteiger partial charge is 0.181 e. The molecule has 0 unspecified atom stereocenters. The van der Waals surface area contributed by atoms with Gasteiger partial charge in [0.15, 0.2) is 5.78 Å². The maximum absolute atomic E-state index is 13.4. The minimum atomic E-state index is -0.296. The van der Waals surface area contributed by atoms with Gasteiger partial charge in [0, 0.05) is 29.2 Å². The van der Waals surface area contributed by atoms with Gasteiger partial charge < -0.3 is 9.88 Å². The van der Waals surface area contributed by atoms with E-state index >= 15 is 0 Å². The number of Topliss-reactive ketones (excluding diaryl/α,β-unsaturated/α-hetero) is 1. The lowest BCUT2D eigenvalue weighted by atomic mass is 10.0. The summed E-state index contributed by atoms with van der Waals surface area (Å²) in [6, 6.07) is 4.53. The van der Waals surface area contributed by atoms with Crippen LogP contribution < -0.4 is 5.32 Å². The zero-order valence-electron chi connectivity index (χ0n) is 10.9. The van der Waals surface area contributed by atoms with Crippen LogP contribution in [-0.4, -0.2) is 22.9 Å². The van der Waals surface area contributed by atoms with Crippen molar-refractivity contribution in [3.05, 3.63) is 35.8 Å². The maximum Gasteiger partial charge on any atom is 0.181 e. The Balaban J connectivity index is 2.11. The summed E-state index contributed by atoms with van der Waals surface area (Å²) in [6.45, 7) is 3.68. The third-order valence-corrected chi connectivity index (χ3v) is 3.83. The number of hydrogen-bond acceptors (Lipinski definition) is 2. The van der Waals surface area contributed by atoms with Crippen molar-refractivity contribution in [3.63, 3.8) is 0 Å². The fraction of sp³-hybridized carbons (Fsp3) is 0.400. The number of nitrogens with zero attached hydrogens (tertiary/aromatic N) is 1. The molecule has 0 aliphatic carbocycles. The van der Waals surface area contributed by atoms with E-state index in [1.165, 1.54) is 12.1 Å². The molecule has 19 heavy (non-hydrogen) atoms. The van der Waals surface area contributed by atoms with Crippen molar-refractivity contribution in [2.75, 3.05) is 6.54 Å². The highest BCUT2D eigenvalue weighted by Gasteiger charge is 2.26. The highest BCUT2D eigenvalue weighted by Crippen LogP contribution is 2.25. The molecule has 1 aliphatic heterocycles. The van der Waals surface area contributed by atoms with Gasteiger partial charge in [0.2, 0.25) is 0 Å². The minimum Gasteiger partial charge on any atom is -0.347 e. The first-order valence-corrected chi connectivity index (χ1v) is 6.76. The van der Waals surface area contributed by atoms with Gasteiger partial charge in [0.05, 0.1) is 6.04 Å².